The fraction of sp³-hybridized carbons (Fsp3) is 0.300. The van der Waals surface area contributed by atoms with E-state index in [1.165, 1.54) is 11.3 Å². The fourth-order valence-electron chi connectivity index (χ4n) is 2.85. The quantitative estimate of drug-likeness (QED) is 0.457. The molecule has 3 heterocycles. The molecule has 8 heteroatoms. The minimum atomic E-state index is -0.0844. The molecule has 0 unspecified atom stereocenters. The molecule has 0 spiro atoms. The van der Waals surface area contributed by atoms with Crippen molar-refractivity contribution in [1.82, 2.24) is 15.1 Å². The van der Waals surface area contributed by atoms with Crippen molar-refractivity contribution in [2.75, 3.05) is 5.32 Å². The number of benzene rings is 1. The summed E-state index contributed by atoms with van der Waals surface area (Å²) in [6.45, 7) is 2.07. The number of nitrogens with one attached hydrogen (secondary N) is 1. The Morgan fingerprint density at radius 3 is 2.96 bits per heavy atom. The smallest absolute Gasteiger partial charge is 0.226 e. The highest BCUT2D eigenvalue weighted by Gasteiger charge is 2.12. The molecule has 0 aliphatic carbocycles. The zero-order valence-electron chi connectivity index (χ0n) is 15.5. The summed E-state index contributed by atoms with van der Waals surface area (Å²) in [5, 5.41) is 10.2. The maximum absolute atomic E-state index is 12.2. The van der Waals surface area contributed by atoms with Gasteiger partial charge in [0.25, 0.3) is 0 Å². The lowest BCUT2D eigenvalue weighted by atomic mass is 10.2. The molecule has 28 heavy (non-hydrogen) atoms. The minimum absolute atomic E-state index is 0.0844. The van der Waals surface area contributed by atoms with Crippen molar-refractivity contribution in [2.24, 2.45) is 0 Å². The zero-order chi connectivity index (χ0) is 19.3. The second-order valence-electron chi connectivity index (χ2n) is 6.44. The normalized spacial score (nSPS) is 11.2. The molecule has 0 saturated carbocycles. The predicted octanol–water partition coefficient (Wildman–Crippen LogP) is 4.85. The fourth-order valence-corrected chi connectivity index (χ4v) is 3.57. The second kappa shape index (κ2) is 8.35. The molecular formula is C20H20N4O3S. The number of amides is 1. The molecule has 0 radical (unpaired) electrons. The molecule has 144 valence electrons. The third-order valence-corrected chi connectivity index (χ3v) is 4.96. The number of fused-ring (bicyclic) bond motifs is 1. The van der Waals surface area contributed by atoms with Crippen LogP contribution in [0.15, 0.2) is 44.7 Å². The molecule has 4 rings (SSSR count). The van der Waals surface area contributed by atoms with Gasteiger partial charge >= 0.3 is 0 Å². The summed E-state index contributed by atoms with van der Waals surface area (Å²) < 4.78 is 11.0. The van der Waals surface area contributed by atoms with Crippen LogP contribution in [0.1, 0.15) is 37.9 Å². The van der Waals surface area contributed by atoms with Crippen molar-refractivity contribution < 1.29 is 13.7 Å². The van der Waals surface area contributed by atoms with Crippen LogP contribution in [0.5, 0.6) is 0 Å². The first-order chi connectivity index (χ1) is 13.7. The number of rotatable bonds is 8. The number of carbonyl (C=O) groups excluding carboxylic acids is 1. The Labute approximate surface area is 165 Å². The average Bonchev–Trinajstić information content (AvgIpc) is 3.41. The highest BCUT2D eigenvalue weighted by Crippen LogP contribution is 2.30. The molecule has 0 atom stereocenters. The van der Waals surface area contributed by atoms with E-state index in [0.29, 0.717) is 41.7 Å². The predicted molar refractivity (Wildman–Crippen MR) is 107 cm³/mol. The van der Waals surface area contributed by atoms with Gasteiger partial charge in [0.15, 0.2) is 16.7 Å². The van der Waals surface area contributed by atoms with Gasteiger partial charge in [-0.05, 0) is 25.0 Å². The number of hydrogen-bond acceptors (Lipinski definition) is 7. The van der Waals surface area contributed by atoms with E-state index in [4.69, 9.17) is 8.94 Å². The van der Waals surface area contributed by atoms with Gasteiger partial charge in [0.05, 0.1) is 0 Å². The van der Waals surface area contributed by atoms with Crippen LogP contribution in [-0.2, 0) is 17.6 Å². The van der Waals surface area contributed by atoms with E-state index < -0.39 is 0 Å². The molecule has 7 nitrogen and oxygen atoms in total. The summed E-state index contributed by atoms with van der Waals surface area (Å²) >= 11 is 1.38. The van der Waals surface area contributed by atoms with Gasteiger partial charge in [0.1, 0.15) is 11.3 Å². The average molecular weight is 396 g/mol. The van der Waals surface area contributed by atoms with Crippen LogP contribution in [0.3, 0.4) is 0 Å². The molecule has 1 amide bonds. The first kappa shape index (κ1) is 18.4. The van der Waals surface area contributed by atoms with Gasteiger partial charge in [-0.2, -0.15) is 4.98 Å². The molecule has 1 N–H and O–H groups in total. The number of para-hydroxylation sites is 1. The van der Waals surface area contributed by atoms with Gasteiger partial charge in [-0.25, -0.2) is 4.98 Å². The van der Waals surface area contributed by atoms with Crippen LogP contribution < -0.4 is 5.32 Å². The largest absolute Gasteiger partial charge is 0.454 e. The van der Waals surface area contributed by atoms with Crippen LogP contribution in [0.4, 0.5) is 5.13 Å². The van der Waals surface area contributed by atoms with Crippen molar-refractivity contribution in [3.8, 4) is 11.5 Å². The van der Waals surface area contributed by atoms with Crippen LogP contribution >= 0.6 is 11.3 Å². The molecule has 1 aromatic carbocycles. The number of carbonyl (C=O) groups is 1. The molecule has 0 saturated heterocycles. The van der Waals surface area contributed by atoms with Crippen molar-refractivity contribution in [2.45, 2.75) is 39.0 Å². The lowest BCUT2D eigenvalue weighted by molar-refractivity contribution is -0.116. The Hall–Kier alpha value is -3.00. The number of aryl methyl sites for hydroxylation is 2. The summed E-state index contributed by atoms with van der Waals surface area (Å²) in [7, 11) is 0. The Morgan fingerprint density at radius 2 is 2.11 bits per heavy atom. The molecule has 0 aliphatic heterocycles. The maximum Gasteiger partial charge on any atom is 0.226 e. The lowest BCUT2D eigenvalue weighted by Crippen LogP contribution is -2.11. The number of thiazole rings is 1. The molecule has 3 aromatic heterocycles. The second-order valence-corrected chi connectivity index (χ2v) is 7.30. The molecular weight excluding hydrogens is 376 g/mol. The van der Waals surface area contributed by atoms with Gasteiger partial charge < -0.3 is 14.3 Å². The van der Waals surface area contributed by atoms with Crippen molar-refractivity contribution in [3.05, 3.63) is 47.4 Å². The lowest BCUT2D eigenvalue weighted by Gasteiger charge is -2.00. The van der Waals surface area contributed by atoms with Crippen LogP contribution in [-0.4, -0.2) is 21.0 Å². The monoisotopic (exact) mass is 396 g/mol. The van der Waals surface area contributed by atoms with E-state index in [1.807, 2.05) is 35.7 Å². The van der Waals surface area contributed by atoms with Crippen LogP contribution in [0.2, 0.25) is 0 Å². The zero-order valence-corrected chi connectivity index (χ0v) is 16.3. The summed E-state index contributed by atoms with van der Waals surface area (Å²) in [5.41, 5.74) is 1.53. The number of hydrogen-bond donors (Lipinski definition) is 1. The molecule has 0 aliphatic rings. The number of furan rings is 1. The van der Waals surface area contributed by atoms with Gasteiger partial charge in [-0.1, -0.05) is 30.3 Å². The number of aromatic nitrogens is 3. The molecule has 0 bridgehead atoms. The topological polar surface area (TPSA) is 94.1 Å². The Balaban J connectivity index is 1.30. The number of nitrogens with zero attached hydrogens (tertiary/aromatic N) is 3. The standard InChI is InChI=1S/C20H20N4O3S/c1-2-6-17-22-19(27-24-17)10-5-9-18(25)23-20-21-14(12-28-20)16-11-13-7-3-4-8-15(13)26-16/h3-4,7-8,11-12H,2,5-6,9-10H2,1H3,(H,21,23,25). The SMILES string of the molecule is CCCc1noc(CCCC(=O)Nc2nc(-c3cc4ccccc4o3)cs2)n1. The van der Waals surface area contributed by atoms with E-state index in [2.05, 4.69) is 27.4 Å². The summed E-state index contributed by atoms with van der Waals surface area (Å²) in [6.07, 6.45) is 3.38. The van der Waals surface area contributed by atoms with Gasteiger partial charge in [-0.3, -0.25) is 4.79 Å². The van der Waals surface area contributed by atoms with Gasteiger partial charge in [0.2, 0.25) is 11.8 Å². The van der Waals surface area contributed by atoms with Crippen molar-refractivity contribution in [1.29, 1.82) is 0 Å². The van der Waals surface area contributed by atoms with E-state index in [1.54, 1.807) is 0 Å². The molecule has 0 fully saturated rings. The van der Waals surface area contributed by atoms with E-state index >= 15 is 0 Å². The van der Waals surface area contributed by atoms with E-state index in [-0.39, 0.29) is 5.91 Å². The first-order valence-corrected chi connectivity index (χ1v) is 10.1. The highest BCUT2D eigenvalue weighted by molar-refractivity contribution is 7.14. The molecule has 4 aromatic rings. The van der Waals surface area contributed by atoms with Crippen LogP contribution in [0.25, 0.3) is 22.4 Å². The highest BCUT2D eigenvalue weighted by atomic mass is 32.1. The third-order valence-electron chi connectivity index (χ3n) is 4.21. The van der Waals surface area contributed by atoms with Crippen LogP contribution in [0, 0.1) is 0 Å². The van der Waals surface area contributed by atoms with Gasteiger partial charge in [-0.15, -0.1) is 11.3 Å². The summed E-state index contributed by atoms with van der Waals surface area (Å²) in [5.74, 6) is 1.91. The number of anilines is 1. The maximum atomic E-state index is 12.2. The Bertz CT molecular complexity index is 1050. The third kappa shape index (κ3) is 4.28. The first-order valence-electron chi connectivity index (χ1n) is 9.27. The summed E-state index contributed by atoms with van der Waals surface area (Å²) in [6, 6.07) is 9.76. The van der Waals surface area contributed by atoms with Gasteiger partial charge in [0, 0.05) is 30.0 Å². The minimum Gasteiger partial charge on any atom is -0.454 e. The summed E-state index contributed by atoms with van der Waals surface area (Å²) in [4.78, 5) is 20.9. The van der Waals surface area contributed by atoms with Crippen molar-refractivity contribution >= 4 is 33.3 Å². The van der Waals surface area contributed by atoms with Crippen molar-refractivity contribution in [3.63, 3.8) is 0 Å². The van der Waals surface area contributed by atoms with E-state index in [0.717, 1.165) is 29.6 Å². The Morgan fingerprint density at radius 1 is 1.21 bits per heavy atom. The Kier molecular flexibility index (Phi) is 5.48. The van der Waals surface area contributed by atoms with E-state index in [9.17, 15) is 4.79 Å².